The molecule has 0 aliphatic rings. The molecule has 2 N–H and O–H groups in total. The summed E-state index contributed by atoms with van der Waals surface area (Å²) >= 11 is 3.33. The lowest BCUT2D eigenvalue weighted by Crippen LogP contribution is -2.02. The third kappa shape index (κ3) is 2.91. The molecule has 0 radical (unpaired) electrons. The summed E-state index contributed by atoms with van der Waals surface area (Å²) in [5.41, 5.74) is 7.33. The molecule has 7 heteroatoms. The Bertz CT molecular complexity index is 662. The van der Waals surface area contributed by atoms with Crippen LogP contribution < -0.4 is 5.73 Å². The van der Waals surface area contributed by atoms with Crippen LogP contribution in [0.4, 0.5) is 5.88 Å². The van der Waals surface area contributed by atoms with E-state index in [9.17, 15) is 8.42 Å². The largest absolute Gasteiger partial charge is 0.367 e. The molecule has 96 valence electrons. The van der Waals surface area contributed by atoms with Gasteiger partial charge in [-0.25, -0.2) is 8.42 Å². The minimum Gasteiger partial charge on any atom is -0.367 e. The molecule has 0 aliphatic heterocycles. The molecular weight excluding hydrogens is 320 g/mol. The molecule has 0 spiro atoms. The number of hydrogen-bond donors (Lipinski definition) is 1. The number of nitrogen functional groups attached to an aromatic ring is 1. The zero-order valence-electron chi connectivity index (χ0n) is 9.55. The predicted octanol–water partition coefficient (Wildman–Crippen LogP) is 2.23. The summed E-state index contributed by atoms with van der Waals surface area (Å²) in [6, 6.07) is 7.31. The molecule has 0 aliphatic carbocycles. The average Bonchev–Trinajstić information content (AvgIpc) is 2.59. The van der Waals surface area contributed by atoms with Crippen LogP contribution in [-0.4, -0.2) is 19.8 Å². The summed E-state index contributed by atoms with van der Waals surface area (Å²) in [6.45, 7) is 0. The monoisotopic (exact) mass is 330 g/mol. The zero-order chi connectivity index (χ0) is 13.3. The first-order chi connectivity index (χ1) is 8.37. The first-order valence-electron chi connectivity index (χ1n) is 5.04. The molecule has 0 unspecified atom stereocenters. The highest BCUT2D eigenvalue weighted by atomic mass is 79.9. The molecule has 0 fully saturated rings. The lowest BCUT2D eigenvalue weighted by molar-refractivity contribution is 0.430. The summed E-state index contributed by atoms with van der Waals surface area (Å²) in [4.78, 5) is 0. The molecule has 1 aromatic carbocycles. The number of sulfone groups is 1. The number of rotatable bonds is 3. The number of hydrogen-bond acceptors (Lipinski definition) is 5. The van der Waals surface area contributed by atoms with Crippen molar-refractivity contribution in [2.75, 3.05) is 12.0 Å². The third-order valence-corrected chi connectivity index (χ3v) is 3.65. The van der Waals surface area contributed by atoms with Gasteiger partial charge in [0.1, 0.15) is 5.69 Å². The summed E-state index contributed by atoms with van der Waals surface area (Å²) in [5.74, 6) is -0.0741. The first-order valence-corrected chi connectivity index (χ1v) is 7.90. The van der Waals surface area contributed by atoms with Crippen LogP contribution in [0.25, 0.3) is 11.1 Å². The smallest absolute Gasteiger partial charge is 0.230 e. The van der Waals surface area contributed by atoms with Gasteiger partial charge in [0.25, 0.3) is 0 Å². The quantitative estimate of drug-likeness (QED) is 0.932. The topological polar surface area (TPSA) is 86.2 Å². The number of halogens is 1. The Hall–Kier alpha value is -1.34. The van der Waals surface area contributed by atoms with Gasteiger partial charge in [-0.1, -0.05) is 33.2 Å². The van der Waals surface area contributed by atoms with Crippen molar-refractivity contribution in [2.24, 2.45) is 0 Å². The van der Waals surface area contributed by atoms with Gasteiger partial charge in [-0.05, 0) is 17.7 Å². The van der Waals surface area contributed by atoms with Crippen molar-refractivity contribution in [1.82, 2.24) is 5.16 Å². The maximum atomic E-state index is 11.3. The van der Waals surface area contributed by atoms with Gasteiger partial charge in [0, 0.05) is 10.7 Å². The zero-order valence-corrected chi connectivity index (χ0v) is 12.0. The van der Waals surface area contributed by atoms with Gasteiger partial charge in [0.15, 0.2) is 9.84 Å². The van der Waals surface area contributed by atoms with Crippen molar-refractivity contribution in [3.8, 4) is 11.1 Å². The van der Waals surface area contributed by atoms with Crippen molar-refractivity contribution in [2.45, 2.75) is 5.75 Å². The number of nitrogens with two attached hydrogens (primary N) is 1. The van der Waals surface area contributed by atoms with Crippen molar-refractivity contribution in [3.63, 3.8) is 0 Å². The molecule has 18 heavy (non-hydrogen) atoms. The van der Waals surface area contributed by atoms with E-state index in [-0.39, 0.29) is 11.6 Å². The highest BCUT2D eigenvalue weighted by Gasteiger charge is 2.19. The lowest BCUT2D eigenvalue weighted by Gasteiger charge is -2.02. The number of nitrogens with zero attached hydrogens (tertiary/aromatic N) is 1. The van der Waals surface area contributed by atoms with Gasteiger partial charge in [0.2, 0.25) is 5.88 Å². The van der Waals surface area contributed by atoms with E-state index in [1.807, 2.05) is 24.3 Å². The van der Waals surface area contributed by atoms with E-state index in [0.717, 1.165) is 16.3 Å². The van der Waals surface area contributed by atoms with E-state index >= 15 is 0 Å². The number of anilines is 1. The lowest BCUT2D eigenvalue weighted by atomic mass is 10.1. The Morgan fingerprint density at radius 2 is 1.94 bits per heavy atom. The van der Waals surface area contributed by atoms with Crippen LogP contribution in [0.3, 0.4) is 0 Å². The van der Waals surface area contributed by atoms with Gasteiger partial charge >= 0.3 is 0 Å². The first kappa shape index (κ1) is 13.1. The van der Waals surface area contributed by atoms with Crippen LogP contribution in [0.5, 0.6) is 0 Å². The molecule has 1 aromatic heterocycles. The van der Waals surface area contributed by atoms with Crippen LogP contribution in [0.2, 0.25) is 0 Å². The molecule has 1 heterocycles. The Balaban J connectivity index is 2.50. The second-order valence-corrected chi connectivity index (χ2v) is 7.00. The van der Waals surface area contributed by atoms with E-state index in [0.29, 0.717) is 11.3 Å². The third-order valence-electron chi connectivity index (χ3n) is 2.32. The summed E-state index contributed by atoms with van der Waals surface area (Å²) in [5, 5.41) is 3.71. The van der Waals surface area contributed by atoms with E-state index in [2.05, 4.69) is 21.1 Å². The fraction of sp³-hybridized carbons (Fsp3) is 0.182. The maximum absolute atomic E-state index is 11.3. The molecule has 0 amide bonds. The SMILES string of the molecule is CS(=O)(=O)Cc1noc(N)c1-c1ccc(Br)cc1. The van der Waals surface area contributed by atoms with Crippen molar-refractivity contribution < 1.29 is 12.9 Å². The molecule has 0 bridgehead atoms. The van der Waals surface area contributed by atoms with E-state index < -0.39 is 9.84 Å². The van der Waals surface area contributed by atoms with Gasteiger partial charge in [-0.2, -0.15) is 0 Å². The van der Waals surface area contributed by atoms with Crippen LogP contribution in [-0.2, 0) is 15.6 Å². The second kappa shape index (κ2) is 4.74. The van der Waals surface area contributed by atoms with Crippen LogP contribution in [0, 0.1) is 0 Å². The molecule has 2 rings (SSSR count). The van der Waals surface area contributed by atoms with Crippen molar-refractivity contribution >= 4 is 31.7 Å². The molecular formula is C11H11BrN2O3S. The van der Waals surface area contributed by atoms with Crippen molar-refractivity contribution in [3.05, 3.63) is 34.4 Å². The van der Waals surface area contributed by atoms with Gasteiger partial charge in [0.05, 0.1) is 11.3 Å². The standard InChI is InChI=1S/C11H11BrN2O3S/c1-18(15,16)6-9-10(11(13)17-14-9)7-2-4-8(12)5-3-7/h2-5H,6,13H2,1H3. The molecule has 2 aromatic rings. The second-order valence-electron chi connectivity index (χ2n) is 3.95. The predicted molar refractivity (Wildman–Crippen MR) is 72.6 cm³/mol. The van der Waals surface area contributed by atoms with E-state index in [1.165, 1.54) is 0 Å². The average molecular weight is 331 g/mol. The molecule has 0 saturated carbocycles. The Morgan fingerprint density at radius 3 is 2.50 bits per heavy atom. The number of aromatic nitrogens is 1. The van der Waals surface area contributed by atoms with Crippen LogP contribution in [0.15, 0.2) is 33.3 Å². The highest BCUT2D eigenvalue weighted by molar-refractivity contribution is 9.10. The normalized spacial score (nSPS) is 11.7. The minimum atomic E-state index is -3.19. The minimum absolute atomic E-state index is 0.121. The molecule has 0 saturated heterocycles. The number of benzene rings is 1. The summed E-state index contributed by atoms with van der Waals surface area (Å²) in [6.07, 6.45) is 1.14. The van der Waals surface area contributed by atoms with Gasteiger partial charge < -0.3 is 10.3 Å². The van der Waals surface area contributed by atoms with Crippen molar-refractivity contribution in [1.29, 1.82) is 0 Å². The van der Waals surface area contributed by atoms with E-state index in [4.69, 9.17) is 10.3 Å². The van der Waals surface area contributed by atoms with Gasteiger partial charge in [-0.15, -0.1) is 0 Å². The molecule has 5 nitrogen and oxygen atoms in total. The Labute approximate surface area is 113 Å². The van der Waals surface area contributed by atoms with Crippen LogP contribution in [0.1, 0.15) is 5.69 Å². The Morgan fingerprint density at radius 1 is 1.33 bits per heavy atom. The summed E-state index contributed by atoms with van der Waals surface area (Å²) < 4.78 is 28.4. The fourth-order valence-corrected chi connectivity index (χ4v) is 2.57. The van der Waals surface area contributed by atoms with E-state index in [1.54, 1.807) is 0 Å². The Kier molecular flexibility index (Phi) is 3.45. The highest BCUT2D eigenvalue weighted by Crippen LogP contribution is 2.31. The van der Waals surface area contributed by atoms with Gasteiger partial charge in [-0.3, -0.25) is 0 Å². The van der Waals surface area contributed by atoms with Crippen LogP contribution >= 0.6 is 15.9 Å². The maximum Gasteiger partial charge on any atom is 0.230 e. The summed E-state index contributed by atoms with van der Waals surface area (Å²) in [7, 11) is -3.19. The fourth-order valence-electron chi connectivity index (χ4n) is 1.61. The molecule has 0 atom stereocenters.